The van der Waals surface area contributed by atoms with Gasteiger partial charge in [0.25, 0.3) is 5.91 Å². The lowest BCUT2D eigenvalue weighted by Crippen LogP contribution is -2.23. The second-order valence-electron chi connectivity index (χ2n) is 7.63. The minimum absolute atomic E-state index is 0.0488. The lowest BCUT2D eigenvalue weighted by Gasteiger charge is -2.15. The van der Waals surface area contributed by atoms with Gasteiger partial charge in [-0.1, -0.05) is 18.2 Å². The third-order valence-electron chi connectivity index (χ3n) is 5.21. The molecule has 2 aliphatic rings. The number of carbonyl (C=O) groups excluding carboxylic acids is 1. The fourth-order valence-corrected chi connectivity index (χ4v) is 3.38. The van der Waals surface area contributed by atoms with Crippen LogP contribution in [0.25, 0.3) is 0 Å². The molecule has 1 saturated heterocycles. The summed E-state index contributed by atoms with van der Waals surface area (Å²) in [6.45, 7) is 4.46. The Hall–Kier alpha value is -2.40. The van der Waals surface area contributed by atoms with Crippen molar-refractivity contribution in [2.45, 2.75) is 38.8 Å². The molecule has 2 heterocycles. The fourth-order valence-electron chi connectivity index (χ4n) is 3.38. The van der Waals surface area contributed by atoms with E-state index < -0.39 is 0 Å². The quantitative estimate of drug-likeness (QED) is 0.779. The van der Waals surface area contributed by atoms with Crippen molar-refractivity contribution in [3.8, 4) is 5.88 Å². The Kier molecular flexibility index (Phi) is 5.68. The van der Waals surface area contributed by atoms with Crippen molar-refractivity contribution in [3.05, 3.63) is 59.3 Å². The molecule has 1 aromatic carbocycles. The zero-order valence-electron chi connectivity index (χ0n) is 15.7. The summed E-state index contributed by atoms with van der Waals surface area (Å²) in [6, 6.07) is 11.8. The molecule has 1 saturated carbocycles. The number of nitrogens with one attached hydrogen (secondary N) is 1. The van der Waals surface area contributed by atoms with E-state index in [-0.39, 0.29) is 5.91 Å². The number of hydrogen-bond donors (Lipinski definition) is 1. The third kappa shape index (κ3) is 5.30. The van der Waals surface area contributed by atoms with Crippen LogP contribution in [0, 0.1) is 5.92 Å². The number of ether oxygens (including phenoxy) is 1. The van der Waals surface area contributed by atoms with Crippen LogP contribution in [0.15, 0.2) is 42.6 Å². The van der Waals surface area contributed by atoms with E-state index in [1.165, 1.54) is 31.2 Å². The molecule has 0 unspecified atom stereocenters. The van der Waals surface area contributed by atoms with Crippen molar-refractivity contribution in [1.82, 2.24) is 15.2 Å². The van der Waals surface area contributed by atoms with Crippen LogP contribution >= 0.6 is 0 Å². The van der Waals surface area contributed by atoms with Crippen molar-refractivity contribution in [2.24, 2.45) is 5.92 Å². The van der Waals surface area contributed by atoms with Crippen LogP contribution in [0.4, 0.5) is 0 Å². The van der Waals surface area contributed by atoms with Crippen molar-refractivity contribution in [1.29, 1.82) is 0 Å². The first kappa shape index (κ1) is 18.0. The Morgan fingerprint density at radius 2 is 2.00 bits per heavy atom. The first-order valence-electron chi connectivity index (χ1n) is 9.93. The summed E-state index contributed by atoms with van der Waals surface area (Å²) >= 11 is 0. The van der Waals surface area contributed by atoms with Crippen molar-refractivity contribution in [2.75, 3.05) is 19.7 Å². The number of amides is 1. The van der Waals surface area contributed by atoms with E-state index in [0.717, 1.165) is 31.8 Å². The molecule has 1 amide bonds. The Morgan fingerprint density at radius 1 is 1.15 bits per heavy atom. The van der Waals surface area contributed by atoms with Crippen LogP contribution in [0.5, 0.6) is 5.88 Å². The Bertz CT molecular complexity index is 765. The van der Waals surface area contributed by atoms with E-state index in [1.54, 1.807) is 6.20 Å². The van der Waals surface area contributed by atoms with E-state index in [4.69, 9.17) is 4.74 Å². The molecule has 0 bridgehead atoms. The maximum absolute atomic E-state index is 12.5. The molecule has 1 aromatic heterocycles. The largest absolute Gasteiger partial charge is 0.477 e. The van der Waals surface area contributed by atoms with Crippen molar-refractivity contribution >= 4 is 5.91 Å². The van der Waals surface area contributed by atoms with Gasteiger partial charge in [0, 0.05) is 30.9 Å². The first-order valence-corrected chi connectivity index (χ1v) is 9.93. The van der Waals surface area contributed by atoms with Crippen LogP contribution in [0.1, 0.15) is 47.2 Å². The number of hydrogen-bond acceptors (Lipinski definition) is 4. The van der Waals surface area contributed by atoms with Gasteiger partial charge in [0.1, 0.15) is 0 Å². The van der Waals surface area contributed by atoms with Gasteiger partial charge in [-0.25, -0.2) is 4.98 Å². The molecule has 0 spiro atoms. The minimum atomic E-state index is -0.0488. The fraction of sp³-hybridized carbons (Fsp3) is 0.455. The smallest absolute Gasteiger partial charge is 0.251 e. The van der Waals surface area contributed by atoms with Gasteiger partial charge in [-0.2, -0.15) is 0 Å². The van der Waals surface area contributed by atoms with Crippen LogP contribution in [0.3, 0.4) is 0 Å². The van der Waals surface area contributed by atoms with Gasteiger partial charge < -0.3 is 10.1 Å². The number of benzene rings is 1. The second-order valence-corrected chi connectivity index (χ2v) is 7.63. The third-order valence-corrected chi connectivity index (χ3v) is 5.21. The van der Waals surface area contributed by atoms with Crippen LogP contribution < -0.4 is 10.1 Å². The molecule has 4 rings (SSSR count). The number of rotatable bonds is 8. The number of likely N-dealkylation sites (tertiary alicyclic amines) is 1. The van der Waals surface area contributed by atoms with Gasteiger partial charge in [0.15, 0.2) is 0 Å². The highest BCUT2D eigenvalue weighted by atomic mass is 16.5. The molecule has 0 radical (unpaired) electrons. The number of pyridine rings is 1. The van der Waals surface area contributed by atoms with E-state index in [0.29, 0.717) is 23.9 Å². The predicted molar refractivity (Wildman–Crippen MR) is 105 cm³/mol. The molecule has 0 atom stereocenters. The summed E-state index contributed by atoms with van der Waals surface area (Å²) in [4.78, 5) is 19.3. The SMILES string of the molecule is O=C(NCc1ccc(OCC2CC2)nc1)c1cccc(CN2CCCC2)c1. The highest BCUT2D eigenvalue weighted by molar-refractivity contribution is 5.94. The van der Waals surface area contributed by atoms with Gasteiger partial charge in [-0.15, -0.1) is 0 Å². The Balaban J connectivity index is 1.28. The molecule has 27 heavy (non-hydrogen) atoms. The summed E-state index contributed by atoms with van der Waals surface area (Å²) in [6.07, 6.45) is 6.86. The lowest BCUT2D eigenvalue weighted by molar-refractivity contribution is 0.0950. The minimum Gasteiger partial charge on any atom is -0.477 e. The van der Waals surface area contributed by atoms with Gasteiger partial charge in [0.2, 0.25) is 5.88 Å². The lowest BCUT2D eigenvalue weighted by atomic mass is 10.1. The highest BCUT2D eigenvalue weighted by Crippen LogP contribution is 2.29. The van der Waals surface area contributed by atoms with Gasteiger partial charge >= 0.3 is 0 Å². The second kappa shape index (κ2) is 8.53. The molecule has 5 nitrogen and oxygen atoms in total. The molecule has 1 aliphatic heterocycles. The molecule has 1 aliphatic carbocycles. The molecule has 5 heteroatoms. The zero-order valence-corrected chi connectivity index (χ0v) is 15.7. The molecular weight excluding hydrogens is 338 g/mol. The maximum atomic E-state index is 12.5. The molecule has 1 N–H and O–H groups in total. The van der Waals surface area contributed by atoms with Gasteiger partial charge in [0.05, 0.1) is 6.61 Å². The molecule has 2 fully saturated rings. The average molecular weight is 365 g/mol. The summed E-state index contributed by atoms with van der Waals surface area (Å²) < 4.78 is 5.65. The average Bonchev–Trinajstić information content (AvgIpc) is 3.40. The van der Waals surface area contributed by atoms with Gasteiger partial charge in [-0.3, -0.25) is 9.69 Å². The first-order chi connectivity index (χ1) is 13.3. The van der Waals surface area contributed by atoms with E-state index in [1.807, 2.05) is 30.3 Å². The Morgan fingerprint density at radius 3 is 2.74 bits per heavy atom. The standard InChI is InChI=1S/C22H27N3O2/c26-22(20-5-3-4-18(12-20)15-25-10-1-2-11-25)24-14-19-8-9-21(23-13-19)27-16-17-6-7-17/h3-5,8-9,12-13,17H,1-2,6-7,10-11,14-16H2,(H,24,26). The van der Waals surface area contributed by atoms with Crippen molar-refractivity contribution in [3.63, 3.8) is 0 Å². The van der Waals surface area contributed by atoms with E-state index >= 15 is 0 Å². The topological polar surface area (TPSA) is 54.5 Å². The Labute approximate surface area is 160 Å². The molecule has 142 valence electrons. The molecular formula is C22H27N3O2. The summed E-state index contributed by atoms with van der Waals surface area (Å²) in [5.41, 5.74) is 2.88. The predicted octanol–water partition coefficient (Wildman–Crippen LogP) is 3.40. The molecule has 2 aromatic rings. The summed E-state index contributed by atoms with van der Waals surface area (Å²) in [5.74, 6) is 1.32. The van der Waals surface area contributed by atoms with E-state index in [2.05, 4.69) is 21.3 Å². The van der Waals surface area contributed by atoms with Gasteiger partial charge in [-0.05, 0) is 68.0 Å². The van der Waals surface area contributed by atoms with Crippen LogP contribution in [-0.4, -0.2) is 35.5 Å². The summed E-state index contributed by atoms with van der Waals surface area (Å²) in [7, 11) is 0. The van der Waals surface area contributed by atoms with Crippen molar-refractivity contribution < 1.29 is 9.53 Å². The number of carbonyl (C=O) groups is 1. The zero-order chi connectivity index (χ0) is 18.5. The number of aromatic nitrogens is 1. The number of nitrogens with zero attached hydrogens (tertiary/aromatic N) is 2. The summed E-state index contributed by atoms with van der Waals surface area (Å²) in [5, 5.41) is 2.98. The highest BCUT2D eigenvalue weighted by Gasteiger charge is 2.22. The van der Waals surface area contributed by atoms with Crippen LogP contribution in [0.2, 0.25) is 0 Å². The normalized spacial score (nSPS) is 17.0. The monoisotopic (exact) mass is 365 g/mol. The van der Waals surface area contributed by atoms with Crippen LogP contribution in [-0.2, 0) is 13.1 Å². The maximum Gasteiger partial charge on any atom is 0.251 e. The van der Waals surface area contributed by atoms with E-state index in [9.17, 15) is 4.79 Å².